The van der Waals surface area contributed by atoms with Gasteiger partial charge in [0.1, 0.15) is 0 Å². The highest BCUT2D eigenvalue weighted by atomic mass is 32.2. The van der Waals surface area contributed by atoms with Crippen LogP contribution in [-0.2, 0) is 14.6 Å². The summed E-state index contributed by atoms with van der Waals surface area (Å²) < 4.78 is 25.0. The van der Waals surface area contributed by atoms with E-state index in [0.717, 1.165) is 25.7 Å². The van der Waals surface area contributed by atoms with Crippen LogP contribution in [0, 0.1) is 0 Å². The zero-order valence-corrected chi connectivity index (χ0v) is 12.4. The van der Waals surface area contributed by atoms with E-state index >= 15 is 0 Å². The van der Waals surface area contributed by atoms with Crippen LogP contribution in [0.3, 0.4) is 0 Å². The number of carbonyl (C=O) groups is 1. The predicted octanol–water partition coefficient (Wildman–Crippen LogP) is 1.55. The molecule has 0 bridgehead atoms. The van der Waals surface area contributed by atoms with E-state index in [1.807, 2.05) is 0 Å². The third-order valence-electron chi connectivity index (χ3n) is 4.12. The van der Waals surface area contributed by atoms with Crippen molar-refractivity contribution >= 4 is 21.4 Å². The van der Waals surface area contributed by atoms with E-state index in [1.54, 1.807) is 18.2 Å². The average molecular weight is 306 g/mol. The van der Waals surface area contributed by atoms with Gasteiger partial charge in [0.2, 0.25) is 9.84 Å². The summed E-state index contributed by atoms with van der Waals surface area (Å²) in [5, 5.41) is 3.26. The van der Waals surface area contributed by atoms with Gasteiger partial charge in [-0.3, -0.25) is 4.79 Å². The normalized spacial score (nSPS) is 21.1. The SMILES string of the molecule is NC(=O)C1=C(NC2CCCCC2)c2ccccc2S1(=O)=O. The van der Waals surface area contributed by atoms with E-state index in [0.29, 0.717) is 11.3 Å². The fraction of sp³-hybridized carbons (Fsp3) is 0.400. The Morgan fingerprint density at radius 2 is 1.81 bits per heavy atom. The van der Waals surface area contributed by atoms with E-state index in [4.69, 9.17) is 5.73 Å². The minimum atomic E-state index is -3.80. The monoisotopic (exact) mass is 306 g/mol. The molecule has 1 aliphatic heterocycles. The second-order valence-corrected chi connectivity index (χ2v) is 7.40. The first kappa shape index (κ1) is 14.1. The second kappa shape index (κ2) is 5.18. The molecule has 0 saturated heterocycles. The number of amides is 1. The highest BCUT2D eigenvalue weighted by Gasteiger charge is 2.39. The average Bonchev–Trinajstić information content (AvgIpc) is 2.68. The van der Waals surface area contributed by atoms with Crippen LogP contribution in [0.2, 0.25) is 0 Å². The summed E-state index contributed by atoms with van der Waals surface area (Å²) in [6.07, 6.45) is 5.40. The van der Waals surface area contributed by atoms with Crippen LogP contribution in [0.5, 0.6) is 0 Å². The minimum Gasteiger partial charge on any atom is -0.381 e. The number of sulfone groups is 1. The van der Waals surface area contributed by atoms with E-state index in [9.17, 15) is 13.2 Å². The number of nitrogens with one attached hydrogen (secondary N) is 1. The van der Waals surface area contributed by atoms with Gasteiger partial charge in [-0.25, -0.2) is 8.42 Å². The molecule has 3 N–H and O–H groups in total. The number of hydrogen-bond acceptors (Lipinski definition) is 4. The van der Waals surface area contributed by atoms with Gasteiger partial charge in [-0.05, 0) is 18.9 Å². The molecule has 0 unspecified atom stereocenters. The zero-order chi connectivity index (χ0) is 15.0. The first-order valence-corrected chi connectivity index (χ1v) is 8.65. The molecule has 1 saturated carbocycles. The molecule has 5 nitrogen and oxygen atoms in total. The Morgan fingerprint density at radius 3 is 2.48 bits per heavy atom. The van der Waals surface area contributed by atoms with Gasteiger partial charge in [0.15, 0.2) is 4.91 Å². The van der Waals surface area contributed by atoms with E-state index < -0.39 is 15.7 Å². The van der Waals surface area contributed by atoms with Crippen molar-refractivity contribution < 1.29 is 13.2 Å². The topological polar surface area (TPSA) is 89.3 Å². The quantitative estimate of drug-likeness (QED) is 0.886. The number of benzene rings is 1. The van der Waals surface area contributed by atoms with Gasteiger partial charge < -0.3 is 11.1 Å². The Bertz CT molecular complexity index is 716. The van der Waals surface area contributed by atoms with E-state index in [-0.39, 0.29) is 15.8 Å². The van der Waals surface area contributed by atoms with Crippen molar-refractivity contribution in [1.29, 1.82) is 0 Å². The Balaban J connectivity index is 2.08. The van der Waals surface area contributed by atoms with Crippen LogP contribution in [-0.4, -0.2) is 20.4 Å². The van der Waals surface area contributed by atoms with Gasteiger partial charge in [0.25, 0.3) is 5.91 Å². The molecule has 3 rings (SSSR count). The Labute approximate surface area is 124 Å². The lowest BCUT2D eigenvalue weighted by Crippen LogP contribution is -2.31. The smallest absolute Gasteiger partial charge is 0.262 e. The maximum atomic E-state index is 12.5. The number of hydrogen-bond donors (Lipinski definition) is 2. The maximum Gasteiger partial charge on any atom is 0.262 e. The molecule has 0 atom stereocenters. The molecule has 1 aromatic carbocycles. The largest absolute Gasteiger partial charge is 0.381 e. The molecule has 1 aliphatic carbocycles. The second-order valence-electron chi connectivity index (χ2n) is 5.55. The van der Waals surface area contributed by atoms with Gasteiger partial charge in [0.05, 0.1) is 10.6 Å². The Hall–Kier alpha value is -1.82. The lowest BCUT2D eigenvalue weighted by atomic mass is 9.95. The number of nitrogens with two attached hydrogens (primary N) is 1. The first-order valence-electron chi connectivity index (χ1n) is 7.17. The van der Waals surface area contributed by atoms with Crippen LogP contribution in [0.4, 0.5) is 0 Å². The van der Waals surface area contributed by atoms with Gasteiger partial charge in [0, 0.05) is 11.6 Å². The van der Waals surface area contributed by atoms with Gasteiger partial charge in [-0.1, -0.05) is 37.5 Å². The molecule has 112 valence electrons. The number of rotatable bonds is 3. The molecule has 0 radical (unpaired) electrons. The fourth-order valence-corrected chi connectivity index (χ4v) is 4.76. The van der Waals surface area contributed by atoms with Crippen molar-refractivity contribution in [1.82, 2.24) is 5.32 Å². The minimum absolute atomic E-state index is 0.164. The molecular formula is C15H18N2O3S. The summed E-state index contributed by atoms with van der Waals surface area (Å²) in [7, 11) is -3.80. The van der Waals surface area contributed by atoms with Crippen molar-refractivity contribution in [3.05, 3.63) is 34.7 Å². The van der Waals surface area contributed by atoms with Gasteiger partial charge in [-0.2, -0.15) is 0 Å². The standard InChI is InChI=1S/C15H18N2O3S/c16-15(18)14-13(17-10-6-2-1-3-7-10)11-8-4-5-9-12(11)21(14,19)20/h4-5,8-10,17H,1-3,6-7H2,(H2,16,18). The highest BCUT2D eigenvalue weighted by molar-refractivity contribution is 7.97. The van der Waals surface area contributed by atoms with E-state index in [1.165, 1.54) is 12.5 Å². The molecule has 1 fully saturated rings. The molecule has 1 aromatic rings. The third-order valence-corrected chi connectivity index (χ3v) is 6.00. The fourth-order valence-electron chi connectivity index (χ4n) is 3.12. The van der Waals surface area contributed by atoms with Crippen LogP contribution in [0.1, 0.15) is 37.7 Å². The first-order chi connectivity index (χ1) is 10.0. The third kappa shape index (κ3) is 2.33. The molecule has 0 spiro atoms. The van der Waals surface area contributed by atoms with Crippen molar-refractivity contribution in [2.75, 3.05) is 0 Å². The lowest BCUT2D eigenvalue weighted by Gasteiger charge is -2.25. The maximum absolute atomic E-state index is 12.5. The highest BCUT2D eigenvalue weighted by Crippen LogP contribution is 2.38. The summed E-state index contributed by atoms with van der Waals surface area (Å²) in [4.78, 5) is 11.6. The lowest BCUT2D eigenvalue weighted by molar-refractivity contribution is -0.113. The zero-order valence-electron chi connectivity index (χ0n) is 11.6. The molecule has 6 heteroatoms. The van der Waals surface area contributed by atoms with Crippen LogP contribution in [0.25, 0.3) is 5.70 Å². The van der Waals surface area contributed by atoms with Crippen molar-refractivity contribution in [2.45, 2.75) is 43.0 Å². The van der Waals surface area contributed by atoms with Crippen LogP contribution >= 0.6 is 0 Å². The summed E-state index contributed by atoms with van der Waals surface area (Å²) in [6, 6.07) is 6.85. The van der Waals surface area contributed by atoms with Crippen LogP contribution < -0.4 is 11.1 Å². The molecule has 2 aliphatic rings. The van der Waals surface area contributed by atoms with Crippen LogP contribution in [0.15, 0.2) is 34.1 Å². The van der Waals surface area contributed by atoms with Crippen molar-refractivity contribution in [3.63, 3.8) is 0 Å². The summed E-state index contributed by atoms with van der Waals surface area (Å²) >= 11 is 0. The number of fused-ring (bicyclic) bond motifs is 1. The van der Waals surface area contributed by atoms with Gasteiger partial charge in [-0.15, -0.1) is 0 Å². The Kier molecular flexibility index (Phi) is 3.49. The number of primary amides is 1. The molecule has 1 amide bonds. The summed E-state index contributed by atoms with van der Waals surface area (Å²) in [5.74, 6) is -0.899. The molecule has 0 aromatic heterocycles. The molecular weight excluding hydrogens is 288 g/mol. The Morgan fingerprint density at radius 1 is 1.14 bits per heavy atom. The summed E-state index contributed by atoms with van der Waals surface area (Å²) in [5.41, 5.74) is 6.26. The van der Waals surface area contributed by atoms with E-state index in [2.05, 4.69) is 5.32 Å². The summed E-state index contributed by atoms with van der Waals surface area (Å²) in [6.45, 7) is 0. The van der Waals surface area contributed by atoms with Crippen molar-refractivity contribution in [3.8, 4) is 0 Å². The molecule has 1 heterocycles. The predicted molar refractivity (Wildman–Crippen MR) is 79.8 cm³/mol. The molecule has 21 heavy (non-hydrogen) atoms. The van der Waals surface area contributed by atoms with Crippen molar-refractivity contribution in [2.24, 2.45) is 5.73 Å². The number of carbonyl (C=O) groups excluding carboxylic acids is 1. The van der Waals surface area contributed by atoms with Gasteiger partial charge >= 0.3 is 0 Å².